The number of methoxy groups -OCH3 is 1. The minimum atomic E-state index is -0.361. The molecule has 2 N–H and O–H groups in total. The zero-order chi connectivity index (χ0) is 22.4. The van der Waals surface area contributed by atoms with E-state index in [1.54, 1.807) is 7.11 Å². The molecule has 0 atom stereocenters. The molecule has 2 aromatic rings. The molecular formula is C25H32FN5O. The maximum Gasteiger partial charge on any atom is 0.150 e. The fourth-order valence-electron chi connectivity index (χ4n) is 4.44. The highest BCUT2D eigenvalue weighted by molar-refractivity contribution is 5.62. The quantitative estimate of drug-likeness (QED) is 0.538. The lowest BCUT2D eigenvalue weighted by Crippen LogP contribution is -2.35. The van der Waals surface area contributed by atoms with Crippen molar-refractivity contribution in [2.45, 2.75) is 51.0 Å². The summed E-state index contributed by atoms with van der Waals surface area (Å²) in [6.07, 6.45) is 8.63. The molecule has 4 rings (SSSR count). The summed E-state index contributed by atoms with van der Waals surface area (Å²) in [6, 6.07) is 10.3. The number of nitrogens with one attached hydrogen (secondary N) is 2. The number of nitriles is 1. The average molecular weight is 438 g/mol. The van der Waals surface area contributed by atoms with Crippen LogP contribution in [0.2, 0.25) is 0 Å². The van der Waals surface area contributed by atoms with Crippen molar-refractivity contribution >= 4 is 5.82 Å². The molecule has 2 aliphatic carbocycles. The van der Waals surface area contributed by atoms with Crippen molar-refractivity contribution in [3.8, 4) is 17.3 Å². The highest BCUT2D eigenvalue weighted by Gasteiger charge is 2.42. The zero-order valence-electron chi connectivity index (χ0n) is 18.7. The Bertz CT molecular complexity index is 948. The first-order chi connectivity index (χ1) is 15.6. The van der Waals surface area contributed by atoms with Crippen molar-refractivity contribution in [3.05, 3.63) is 42.0 Å². The molecule has 6 nitrogen and oxygen atoms in total. The van der Waals surface area contributed by atoms with E-state index in [4.69, 9.17) is 4.74 Å². The van der Waals surface area contributed by atoms with Gasteiger partial charge in [0.25, 0.3) is 0 Å². The Balaban J connectivity index is 1.37. The maximum atomic E-state index is 14.6. The summed E-state index contributed by atoms with van der Waals surface area (Å²) in [5, 5.41) is 16.1. The van der Waals surface area contributed by atoms with Gasteiger partial charge < -0.3 is 15.4 Å². The van der Waals surface area contributed by atoms with E-state index in [1.165, 1.54) is 6.20 Å². The number of anilines is 1. The zero-order valence-corrected chi connectivity index (χ0v) is 18.7. The van der Waals surface area contributed by atoms with Crippen LogP contribution >= 0.6 is 0 Å². The predicted octanol–water partition coefficient (Wildman–Crippen LogP) is 4.34. The number of ether oxygens (including phenoxy) is 1. The van der Waals surface area contributed by atoms with E-state index in [0.717, 1.165) is 63.8 Å². The molecular weight excluding hydrogens is 405 g/mol. The van der Waals surface area contributed by atoms with E-state index in [9.17, 15) is 9.65 Å². The highest BCUT2D eigenvalue weighted by atomic mass is 19.1. The van der Waals surface area contributed by atoms with Gasteiger partial charge in [0.2, 0.25) is 0 Å². The summed E-state index contributed by atoms with van der Waals surface area (Å²) < 4.78 is 19.7. The first-order valence-corrected chi connectivity index (χ1v) is 11.6. The number of pyridine rings is 2. The van der Waals surface area contributed by atoms with E-state index >= 15 is 0 Å². The first-order valence-electron chi connectivity index (χ1n) is 11.6. The SMILES string of the molecule is COCCNC1CCC(Cc2cc(-c3cccc(NCC4(C#N)CC4)n3)c(F)cn2)CC1. The topological polar surface area (TPSA) is 82.9 Å². The van der Waals surface area contributed by atoms with Crippen LogP contribution in [0.5, 0.6) is 0 Å². The number of hydrogen-bond acceptors (Lipinski definition) is 6. The monoisotopic (exact) mass is 437 g/mol. The Morgan fingerprint density at radius 1 is 1.25 bits per heavy atom. The lowest BCUT2D eigenvalue weighted by Gasteiger charge is -2.29. The molecule has 170 valence electrons. The van der Waals surface area contributed by atoms with Crippen LogP contribution in [0.15, 0.2) is 30.5 Å². The molecule has 0 aliphatic heterocycles. The fraction of sp³-hybridized carbons (Fsp3) is 0.560. The second-order valence-electron chi connectivity index (χ2n) is 9.18. The average Bonchev–Trinajstić information content (AvgIpc) is 3.61. The van der Waals surface area contributed by atoms with E-state index < -0.39 is 0 Å². The second kappa shape index (κ2) is 10.4. The van der Waals surface area contributed by atoms with Gasteiger partial charge in [-0.15, -0.1) is 0 Å². The Kier molecular flexibility index (Phi) is 7.33. The van der Waals surface area contributed by atoms with Gasteiger partial charge in [0.05, 0.1) is 30.0 Å². The van der Waals surface area contributed by atoms with Crippen molar-refractivity contribution < 1.29 is 9.13 Å². The third-order valence-corrected chi connectivity index (χ3v) is 6.72. The van der Waals surface area contributed by atoms with E-state index in [1.807, 2.05) is 24.3 Å². The van der Waals surface area contributed by atoms with Crippen LogP contribution < -0.4 is 10.6 Å². The molecule has 2 fully saturated rings. The minimum absolute atomic E-state index is 0.259. The molecule has 0 aromatic carbocycles. The summed E-state index contributed by atoms with van der Waals surface area (Å²) >= 11 is 0. The van der Waals surface area contributed by atoms with Crippen LogP contribution in [-0.4, -0.2) is 42.8 Å². The maximum absolute atomic E-state index is 14.6. The van der Waals surface area contributed by atoms with Crippen molar-refractivity contribution in [3.63, 3.8) is 0 Å². The van der Waals surface area contributed by atoms with Gasteiger partial charge in [0.1, 0.15) is 5.82 Å². The number of nitrogens with zero attached hydrogens (tertiary/aromatic N) is 3. The van der Waals surface area contributed by atoms with Crippen LogP contribution in [0.4, 0.5) is 10.2 Å². The van der Waals surface area contributed by atoms with Gasteiger partial charge in [-0.2, -0.15) is 5.26 Å². The molecule has 2 aromatic heterocycles. The van der Waals surface area contributed by atoms with E-state index in [-0.39, 0.29) is 11.2 Å². The molecule has 0 bridgehead atoms. The van der Waals surface area contributed by atoms with Gasteiger partial charge >= 0.3 is 0 Å². The number of rotatable bonds is 10. The molecule has 2 heterocycles. The van der Waals surface area contributed by atoms with Crippen molar-refractivity contribution in [1.29, 1.82) is 5.26 Å². The summed E-state index contributed by atoms with van der Waals surface area (Å²) in [4.78, 5) is 8.96. The molecule has 32 heavy (non-hydrogen) atoms. The molecule has 2 aliphatic rings. The van der Waals surface area contributed by atoms with Crippen LogP contribution in [0.1, 0.15) is 44.2 Å². The van der Waals surface area contributed by atoms with Crippen molar-refractivity contribution in [1.82, 2.24) is 15.3 Å². The van der Waals surface area contributed by atoms with Crippen LogP contribution in [0.25, 0.3) is 11.3 Å². The normalized spacial score (nSPS) is 21.7. The highest BCUT2D eigenvalue weighted by Crippen LogP contribution is 2.44. The third-order valence-electron chi connectivity index (χ3n) is 6.72. The molecule has 0 spiro atoms. The van der Waals surface area contributed by atoms with E-state index in [2.05, 4.69) is 26.7 Å². The Hall–Kier alpha value is -2.56. The van der Waals surface area contributed by atoms with Crippen molar-refractivity contribution in [2.24, 2.45) is 11.3 Å². The van der Waals surface area contributed by atoms with E-state index in [0.29, 0.717) is 35.6 Å². The molecule has 7 heteroatoms. The first kappa shape index (κ1) is 22.6. The summed E-state index contributed by atoms with van der Waals surface area (Å²) in [7, 11) is 1.73. The second-order valence-corrected chi connectivity index (χ2v) is 9.18. The largest absolute Gasteiger partial charge is 0.383 e. The van der Waals surface area contributed by atoms with Gasteiger partial charge in [-0.1, -0.05) is 6.07 Å². The fourth-order valence-corrected chi connectivity index (χ4v) is 4.44. The summed E-state index contributed by atoms with van der Waals surface area (Å²) in [5.41, 5.74) is 1.73. The Morgan fingerprint density at radius 3 is 2.78 bits per heavy atom. The van der Waals surface area contributed by atoms with Gasteiger partial charge in [-0.05, 0) is 69.1 Å². The number of aromatic nitrogens is 2. The Labute approximate surface area is 189 Å². The molecule has 0 saturated heterocycles. The van der Waals surface area contributed by atoms with Crippen LogP contribution in [0.3, 0.4) is 0 Å². The van der Waals surface area contributed by atoms with Crippen LogP contribution in [-0.2, 0) is 11.2 Å². The summed E-state index contributed by atoms with van der Waals surface area (Å²) in [5.74, 6) is 0.879. The molecule has 0 amide bonds. The third kappa shape index (κ3) is 5.81. The van der Waals surface area contributed by atoms with Gasteiger partial charge in [0, 0.05) is 37.5 Å². The van der Waals surface area contributed by atoms with Crippen molar-refractivity contribution in [2.75, 3.05) is 32.1 Å². The minimum Gasteiger partial charge on any atom is -0.383 e. The predicted molar refractivity (Wildman–Crippen MR) is 123 cm³/mol. The molecule has 2 saturated carbocycles. The van der Waals surface area contributed by atoms with Crippen LogP contribution in [0, 0.1) is 28.5 Å². The lowest BCUT2D eigenvalue weighted by atomic mass is 9.83. The van der Waals surface area contributed by atoms with Gasteiger partial charge in [-0.3, -0.25) is 4.98 Å². The molecule has 0 radical (unpaired) electrons. The smallest absolute Gasteiger partial charge is 0.150 e. The van der Waals surface area contributed by atoms with Gasteiger partial charge in [0.15, 0.2) is 5.82 Å². The molecule has 0 unspecified atom stereocenters. The van der Waals surface area contributed by atoms with Gasteiger partial charge in [-0.25, -0.2) is 9.37 Å². The number of hydrogen-bond donors (Lipinski definition) is 2. The Morgan fingerprint density at radius 2 is 2.06 bits per heavy atom. The standard InChI is InChI=1S/C25H32FN5O/c1-32-12-11-28-19-7-5-18(6-8-19)13-20-14-21(22(26)15-29-20)23-3-2-4-24(31-23)30-17-25(16-27)9-10-25/h2-4,14-15,18-19,28H,5-13,17H2,1H3,(H,30,31). The number of halogens is 1. The summed E-state index contributed by atoms with van der Waals surface area (Å²) in [6.45, 7) is 2.21. The lowest BCUT2D eigenvalue weighted by molar-refractivity contribution is 0.188.